The third-order valence-corrected chi connectivity index (χ3v) is 5.87. The second-order valence-electron chi connectivity index (χ2n) is 6.17. The van der Waals surface area contributed by atoms with Crippen LogP contribution in [0.3, 0.4) is 0 Å². The molecule has 0 amide bonds. The quantitative estimate of drug-likeness (QED) is 0.521. The molecule has 6 nitrogen and oxygen atoms in total. The largest absolute Gasteiger partial charge is 0.378 e. The van der Waals surface area contributed by atoms with Gasteiger partial charge < -0.3 is 9.64 Å². The van der Waals surface area contributed by atoms with E-state index in [9.17, 15) is 10.1 Å². The number of rotatable bonds is 1. The maximum Gasteiger partial charge on any atom is 0.210 e. The highest BCUT2D eigenvalue weighted by atomic mass is 32.1. The number of ether oxygens (including phenoxy) is 1. The molecule has 1 aliphatic heterocycles. The number of aromatic nitrogens is 2. The number of nitrogens with zero attached hydrogens (tertiary/aromatic N) is 4. The molecule has 1 aromatic carbocycles. The Morgan fingerprint density at radius 1 is 1.15 bits per heavy atom. The first kappa shape index (κ1) is 15.3. The van der Waals surface area contributed by atoms with E-state index >= 15 is 0 Å². The number of morpholine rings is 1. The van der Waals surface area contributed by atoms with Crippen molar-refractivity contribution in [3.8, 4) is 6.07 Å². The molecule has 5 rings (SSSR count). The zero-order valence-electron chi connectivity index (χ0n) is 13.8. The Balaban J connectivity index is 1.91. The molecule has 0 N–H and O–H groups in total. The molecule has 7 heteroatoms. The lowest BCUT2D eigenvalue weighted by Crippen LogP contribution is -2.36. The molecule has 0 spiro atoms. The Hall–Kier alpha value is -2.95. The van der Waals surface area contributed by atoms with E-state index in [2.05, 4.69) is 11.0 Å². The highest BCUT2D eigenvalue weighted by Gasteiger charge is 2.19. The molecule has 3 aromatic heterocycles. The normalized spacial score (nSPS) is 15.0. The molecule has 1 aliphatic rings. The van der Waals surface area contributed by atoms with Crippen LogP contribution >= 0.6 is 11.3 Å². The molecule has 1 fully saturated rings. The number of fused-ring (bicyclic) bond motifs is 5. The summed E-state index contributed by atoms with van der Waals surface area (Å²) in [5, 5.41) is 10.0. The highest BCUT2D eigenvalue weighted by molar-refractivity contribution is 7.24. The minimum Gasteiger partial charge on any atom is -0.378 e. The van der Waals surface area contributed by atoms with Gasteiger partial charge in [0.1, 0.15) is 22.3 Å². The van der Waals surface area contributed by atoms with Crippen molar-refractivity contribution in [3.63, 3.8) is 0 Å². The van der Waals surface area contributed by atoms with Gasteiger partial charge in [-0.15, -0.1) is 11.3 Å². The van der Waals surface area contributed by atoms with Crippen LogP contribution < -0.4 is 10.3 Å². The van der Waals surface area contributed by atoms with Gasteiger partial charge in [-0.05, 0) is 24.3 Å². The predicted octanol–water partition coefficient (Wildman–Crippen LogP) is 2.77. The topological polar surface area (TPSA) is 70.6 Å². The summed E-state index contributed by atoms with van der Waals surface area (Å²) in [5.41, 5.74) is 1.49. The standard InChI is InChI=1S/C19H14N4O2S/c20-11-13-17(24)12-5-6-16(22-7-9-25-10-8-22)21-18(12)23-14-3-1-2-4-15(14)26-19(13)23/h1-6H,7-10H2. The van der Waals surface area contributed by atoms with Crippen molar-refractivity contribution < 1.29 is 4.74 Å². The van der Waals surface area contributed by atoms with Crippen molar-refractivity contribution in [2.45, 2.75) is 0 Å². The molecule has 0 bridgehead atoms. The van der Waals surface area contributed by atoms with Gasteiger partial charge in [-0.25, -0.2) is 4.98 Å². The summed E-state index contributed by atoms with van der Waals surface area (Å²) in [6.45, 7) is 2.89. The summed E-state index contributed by atoms with van der Waals surface area (Å²) in [4.78, 5) is 20.5. The summed E-state index contributed by atoms with van der Waals surface area (Å²) in [5.74, 6) is 0.828. The minimum atomic E-state index is -0.255. The van der Waals surface area contributed by atoms with Crippen molar-refractivity contribution in [1.29, 1.82) is 5.26 Å². The number of anilines is 1. The molecule has 1 saturated heterocycles. The van der Waals surface area contributed by atoms with E-state index < -0.39 is 0 Å². The maximum atomic E-state index is 12.8. The van der Waals surface area contributed by atoms with Crippen LogP contribution in [0.2, 0.25) is 0 Å². The van der Waals surface area contributed by atoms with Gasteiger partial charge >= 0.3 is 0 Å². The average molecular weight is 362 g/mol. The van der Waals surface area contributed by atoms with Crippen molar-refractivity contribution in [1.82, 2.24) is 9.38 Å². The van der Waals surface area contributed by atoms with E-state index in [1.165, 1.54) is 11.3 Å². The fourth-order valence-corrected chi connectivity index (χ4v) is 4.58. The lowest BCUT2D eigenvalue weighted by Gasteiger charge is -2.27. The van der Waals surface area contributed by atoms with E-state index in [0.717, 1.165) is 29.1 Å². The van der Waals surface area contributed by atoms with E-state index in [-0.39, 0.29) is 11.0 Å². The second kappa shape index (κ2) is 5.80. The van der Waals surface area contributed by atoms with Crippen molar-refractivity contribution in [2.75, 3.05) is 31.2 Å². The van der Waals surface area contributed by atoms with Crippen molar-refractivity contribution in [3.05, 3.63) is 52.2 Å². The second-order valence-corrected chi connectivity index (χ2v) is 7.20. The van der Waals surface area contributed by atoms with Crippen LogP contribution in [0.4, 0.5) is 5.82 Å². The first-order valence-electron chi connectivity index (χ1n) is 8.38. The van der Waals surface area contributed by atoms with Gasteiger partial charge in [0, 0.05) is 13.1 Å². The smallest absolute Gasteiger partial charge is 0.210 e. The van der Waals surface area contributed by atoms with E-state index in [0.29, 0.717) is 29.1 Å². The molecule has 0 atom stereocenters. The summed E-state index contributed by atoms with van der Waals surface area (Å²) in [7, 11) is 0. The van der Waals surface area contributed by atoms with E-state index in [1.807, 2.05) is 34.7 Å². The average Bonchev–Trinajstić information content (AvgIpc) is 3.08. The van der Waals surface area contributed by atoms with Gasteiger partial charge in [0.2, 0.25) is 5.43 Å². The molecular formula is C19H14N4O2S. The first-order chi connectivity index (χ1) is 12.8. The van der Waals surface area contributed by atoms with Crippen LogP contribution in [-0.4, -0.2) is 35.7 Å². The van der Waals surface area contributed by atoms with E-state index in [1.54, 1.807) is 6.07 Å². The van der Waals surface area contributed by atoms with Gasteiger partial charge in [-0.3, -0.25) is 9.20 Å². The van der Waals surface area contributed by atoms with E-state index in [4.69, 9.17) is 9.72 Å². The third kappa shape index (κ3) is 2.13. The Labute approximate surface area is 152 Å². The third-order valence-electron chi connectivity index (χ3n) is 4.72. The predicted molar refractivity (Wildman–Crippen MR) is 102 cm³/mol. The number of hydrogen-bond donors (Lipinski definition) is 0. The highest BCUT2D eigenvalue weighted by Crippen LogP contribution is 2.31. The Kier molecular flexibility index (Phi) is 3.42. The number of nitriles is 1. The Morgan fingerprint density at radius 2 is 1.96 bits per heavy atom. The van der Waals surface area contributed by atoms with Gasteiger partial charge in [-0.1, -0.05) is 12.1 Å². The monoisotopic (exact) mass is 362 g/mol. The molecule has 26 heavy (non-hydrogen) atoms. The van der Waals surface area contributed by atoms with Crippen LogP contribution in [0.1, 0.15) is 5.56 Å². The van der Waals surface area contributed by atoms with Crippen LogP contribution in [0.25, 0.3) is 26.1 Å². The molecule has 0 aliphatic carbocycles. The zero-order valence-corrected chi connectivity index (χ0v) is 14.6. The first-order valence-corrected chi connectivity index (χ1v) is 9.19. The summed E-state index contributed by atoms with van der Waals surface area (Å²) in [6.07, 6.45) is 0. The van der Waals surface area contributed by atoms with Crippen molar-refractivity contribution in [2.24, 2.45) is 0 Å². The Morgan fingerprint density at radius 3 is 2.77 bits per heavy atom. The fourth-order valence-electron chi connectivity index (χ4n) is 3.45. The minimum absolute atomic E-state index is 0.180. The van der Waals surface area contributed by atoms with Gasteiger partial charge in [-0.2, -0.15) is 5.26 Å². The molecule has 4 aromatic rings. The zero-order chi connectivity index (χ0) is 17.7. The summed E-state index contributed by atoms with van der Waals surface area (Å²) in [6, 6.07) is 13.6. The number of benzene rings is 1. The summed E-state index contributed by atoms with van der Waals surface area (Å²) >= 11 is 1.45. The lowest BCUT2D eigenvalue weighted by molar-refractivity contribution is 0.122. The summed E-state index contributed by atoms with van der Waals surface area (Å²) < 4.78 is 8.38. The SMILES string of the molecule is N#Cc1c(=O)c2ccc(N3CCOCC3)nc2n2c1sc1ccccc12. The van der Waals surface area contributed by atoms with Crippen LogP contribution in [0, 0.1) is 11.3 Å². The fraction of sp³-hybridized carbons (Fsp3) is 0.211. The molecular weight excluding hydrogens is 348 g/mol. The number of pyridine rings is 2. The number of hydrogen-bond acceptors (Lipinski definition) is 6. The molecule has 128 valence electrons. The van der Waals surface area contributed by atoms with Crippen molar-refractivity contribution >= 4 is 43.2 Å². The molecule has 0 saturated carbocycles. The van der Waals surface area contributed by atoms with Crippen LogP contribution in [-0.2, 0) is 4.74 Å². The molecule has 4 heterocycles. The number of thiazole rings is 1. The Bertz CT molecular complexity index is 1260. The van der Waals surface area contributed by atoms with Gasteiger partial charge in [0.25, 0.3) is 0 Å². The van der Waals surface area contributed by atoms with Gasteiger partial charge in [0.15, 0.2) is 5.65 Å². The lowest BCUT2D eigenvalue weighted by atomic mass is 10.2. The molecule has 0 unspecified atom stereocenters. The molecule has 0 radical (unpaired) electrons. The maximum absolute atomic E-state index is 12.8. The van der Waals surface area contributed by atoms with Crippen LogP contribution in [0.5, 0.6) is 0 Å². The van der Waals surface area contributed by atoms with Crippen LogP contribution in [0.15, 0.2) is 41.2 Å². The number of para-hydroxylation sites is 1. The van der Waals surface area contributed by atoms with Gasteiger partial charge in [0.05, 0.1) is 28.8 Å².